The summed E-state index contributed by atoms with van der Waals surface area (Å²) in [7, 11) is 3.58. The van der Waals surface area contributed by atoms with Crippen molar-refractivity contribution in [3.8, 4) is 0 Å². The van der Waals surface area contributed by atoms with E-state index in [2.05, 4.69) is 9.97 Å². The Balaban J connectivity index is 2.31. The second kappa shape index (κ2) is 4.45. The predicted molar refractivity (Wildman–Crippen MR) is 79.0 cm³/mol. The van der Waals surface area contributed by atoms with Crippen LogP contribution in [-0.4, -0.2) is 30.0 Å². The summed E-state index contributed by atoms with van der Waals surface area (Å²) >= 11 is 5.88. The van der Waals surface area contributed by atoms with Crippen molar-refractivity contribution in [3.05, 3.63) is 40.8 Å². The van der Waals surface area contributed by atoms with E-state index in [-0.39, 0.29) is 11.2 Å². The van der Waals surface area contributed by atoms with Crippen LogP contribution in [0.25, 0.3) is 0 Å². The van der Waals surface area contributed by atoms with Crippen LogP contribution >= 0.6 is 11.6 Å². The lowest BCUT2D eigenvalue weighted by Crippen LogP contribution is -2.25. The smallest absolute Gasteiger partial charge is 0.260 e. The standard InChI is InChI=1S/C14H13ClN4O/c1-8-4-5-10-9(6-8)13(20)19(3)11-7-16-14(15)17-12(11)18(10)2/h4-7H,1-3H3. The number of carbonyl (C=O) groups excluding carboxylic acids is 1. The van der Waals surface area contributed by atoms with Gasteiger partial charge >= 0.3 is 0 Å². The van der Waals surface area contributed by atoms with Gasteiger partial charge in [0.2, 0.25) is 5.28 Å². The largest absolute Gasteiger partial charge is 0.327 e. The number of carbonyl (C=O) groups is 1. The van der Waals surface area contributed by atoms with Gasteiger partial charge in [-0.15, -0.1) is 0 Å². The molecule has 1 aliphatic heterocycles. The highest BCUT2D eigenvalue weighted by atomic mass is 35.5. The molecule has 0 saturated heterocycles. The number of amides is 1. The van der Waals surface area contributed by atoms with Gasteiger partial charge in [-0.25, -0.2) is 4.98 Å². The van der Waals surface area contributed by atoms with Crippen molar-refractivity contribution in [2.45, 2.75) is 6.92 Å². The minimum atomic E-state index is -0.0831. The van der Waals surface area contributed by atoms with Gasteiger partial charge in [0.05, 0.1) is 17.4 Å². The third kappa shape index (κ3) is 1.82. The van der Waals surface area contributed by atoms with E-state index < -0.39 is 0 Å². The lowest BCUT2D eigenvalue weighted by atomic mass is 10.1. The molecular formula is C14H13ClN4O. The number of anilines is 3. The van der Waals surface area contributed by atoms with Crippen LogP contribution in [0.15, 0.2) is 24.4 Å². The molecule has 0 fully saturated rings. The van der Waals surface area contributed by atoms with Crippen LogP contribution in [0.2, 0.25) is 5.28 Å². The monoisotopic (exact) mass is 288 g/mol. The number of hydrogen-bond donors (Lipinski definition) is 0. The number of aryl methyl sites for hydroxylation is 1. The molecule has 0 radical (unpaired) electrons. The molecule has 5 nitrogen and oxygen atoms in total. The summed E-state index contributed by atoms with van der Waals surface area (Å²) in [4.78, 5) is 24.2. The maximum Gasteiger partial charge on any atom is 0.260 e. The molecule has 0 unspecified atom stereocenters. The number of hydrogen-bond acceptors (Lipinski definition) is 4. The molecule has 0 aliphatic carbocycles. The molecule has 0 saturated carbocycles. The Labute approximate surface area is 121 Å². The SMILES string of the molecule is Cc1ccc2c(c1)C(=O)N(C)c1cnc(Cl)nc1N2C. The van der Waals surface area contributed by atoms with Crippen LogP contribution in [0.1, 0.15) is 15.9 Å². The molecule has 0 atom stereocenters. The van der Waals surface area contributed by atoms with Crippen molar-refractivity contribution in [3.63, 3.8) is 0 Å². The number of nitrogens with zero attached hydrogens (tertiary/aromatic N) is 4. The maximum absolute atomic E-state index is 12.6. The fourth-order valence-electron chi connectivity index (χ4n) is 2.35. The van der Waals surface area contributed by atoms with E-state index in [1.807, 2.05) is 37.1 Å². The number of fused-ring (bicyclic) bond motifs is 2. The first-order chi connectivity index (χ1) is 9.49. The van der Waals surface area contributed by atoms with Crippen LogP contribution in [0.5, 0.6) is 0 Å². The molecule has 3 rings (SSSR count). The van der Waals surface area contributed by atoms with E-state index in [0.717, 1.165) is 11.3 Å². The van der Waals surface area contributed by atoms with E-state index in [1.54, 1.807) is 18.1 Å². The lowest BCUT2D eigenvalue weighted by molar-refractivity contribution is 0.0994. The summed E-state index contributed by atoms with van der Waals surface area (Å²) in [5.74, 6) is 0.531. The first-order valence-corrected chi connectivity index (χ1v) is 6.52. The van der Waals surface area contributed by atoms with Crippen LogP contribution in [0.3, 0.4) is 0 Å². The highest BCUT2D eigenvalue weighted by molar-refractivity contribution is 6.28. The van der Waals surface area contributed by atoms with Crippen molar-refractivity contribution >= 4 is 34.7 Å². The van der Waals surface area contributed by atoms with Gasteiger partial charge in [-0.3, -0.25) is 4.79 Å². The van der Waals surface area contributed by atoms with E-state index in [4.69, 9.17) is 11.6 Å². The van der Waals surface area contributed by atoms with E-state index in [0.29, 0.717) is 17.1 Å². The Morgan fingerprint density at radius 3 is 2.65 bits per heavy atom. The average molecular weight is 289 g/mol. The first-order valence-electron chi connectivity index (χ1n) is 6.14. The van der Waals surface area contributed by atoms with Gasteiger partial charge in [-0.1, -0.05) is 11.6 Å². The Hall–Kier alpha value is -2.14. The Bertz CT molecular complexity index is 716. The molecule has 20 heavy (non-hydrogen) atoms. The van der Waals surface area contributed by atoms with E-state index >= 15 is 0 Å². The van der Waals surface area contributed by atoms with Crippen molar-refractivity contribution in [2.24, 2.45) is 0 Å². The third-order valence-corrected chi connectivity index (χ3v) is 3.63. The highest BCUT2D eigenvalue weighted by Gasteiger charge is 2.28. The molecule has 0 bridgehead atoms. The number of benzene rings is 1. The van der Waals surface area contributed by atoms with Gasteiger partial charge in [0.25, 0.3) is 5.91 Å². The molecule has 2 aromatic rings. The summed E-state index contributed by atoms with van der Waals surface area (Å²) in [6.45, 7) is 1.96. The molecule has 1 aliphatic rings. The molecule has 6 heteroatoms. The van der Waals surface area contributed by atoms with Gasteiger partial charge in [0, 0.05) is 14.1 Å². The Kier molecular flexibility index (Phi) is 2.87. The van der Waals surface area contributed by atoms with Crippen molar-refractivity contribution < 1.29 is 4.79 Å². The van der Waals surface area contributed by atoms with Crippen molar-refractivity contribution in [1.82, 2.24) is 9.97 Å². The van der Waals surface area contributed by atoms with Crippen LogP contribution in [0, 0.1) is 6.92 Å². The molecule has 1 aromatic carbocycles. The normalized spacial score (nSPS) is 13.9. The van der Waals surface area contributed by atoms with E-state index in [9.17, 15) is 4.79 Å². The summed E-state index contributed by atoms with van der Waals surface area (Å²) in [5.41, 5.74) is 3.12. The topological polar surface area (TPSA) is 49.3 Å². The quantitative estimate of drug-likeness (QED) is 0.700. The Morgan fingerprint density at radius 2 is 1.90 bits per heavy atom. The van der Waals surface area contributed by atoms with Gasteiger partial charge < -0.3 is 9.80 Å². The molecule has 1 amide bonds. The predicted octanol–water partition coefficient (Wildman–Crippen LogP) is 2.80. The van der Waals surface area contributed by atoms with Crippen LogP contribution in [0.4, 0.5) is 17.2 Å². The number of rotatable bonds is 0. The zero-order chi connectivity index (χ0) is 14.4. The zero-order valence-corrected chi connectivity index (χ0v) is 12.1. The lowest BCUT2D eigenvalue weighted by Gasteiger charge is -2.20. The second-order valence-electron chi connectivity index (χ2n) is 4.79. The van der Waals surface area contributed by atoms with Gasteiger partial charge in [-0.05, 0) is 30.7 Å². The second-order valence-corrected chi connectivity index (χ2v) is 5.13. The fourth-order valence-corrected chi connectivity index (χ4v) is 2.48. The summed E-state index contributed by atoms with van der Waals surface area (Å²) in [6.07, 6.45) is 1.57. The molecule has 0 N–H and O–H groups in total. The molecule has 2 heterocycles. The van der Waals surface area contributed by atoms with Crippen molar-refractivity contribution in [2.75, 3.05) is 23.9 Å². The average Bonchev–Trinajstić information content (AvgIpc) is 2.50. The van der Waals surface area contributed by atoms with Crippen LogP contribution in [-0.2, 0) is 0 Å². The third-order valence-electron chi connectivity index (χ3n) is 3.45. The van der Waals surface area contributed by atoms with Gasteiger partial charge in [-0.2, -0.15) is 4.98 Å². The van der Waals surface area contributed by atoms with Gasteiger partial charge in [0.1, 0.15) is 5.69 Å². The summed E-state index contributed by atoms with van der Waals surface area (Å²) in [5, 5.41) is 0.159. The van der Waals surface area contributed by atoms with Crippen LogP contribution < -0.4 is 9.80 Å². The number of aromatic nitrogens is 2. The summed E-state index contributed by atoms with van der Waals surface area (Å²) < 4.78 is 0. The minimum absolute atomic E-state index is 0.0831. The number of halogens is 1. The molecular weight excluding hydrogens is 276 g/mol. The zero-order valence-electron chi connectivity index (χ0n) is 11.4. The van der Waals surface area contributed by atoms with Crippen molar-refractivity contribution in [1.29, 1.82) is 0 Å². The van der Waals surface area contributed by atoms with Gasteiger partial charge in [0.15, 0.2) is 5.82 Å². The highest BCUT2D eigenvalue weighted by Crippen LogP contribution is 2.37. The Morgan fingerprint density at radius 1 is 1.15 bits per heavy atom. The molecule has 1 aromatic heterocycles. The molecule has 102 valence electrons. The fraction of sp³-hybridized carbons (Fsp3) is 0.214. The maximum atomic E-state index is 12.6. The minimum Gasteiger partial charge on any atom is -0.327 e. The summed E-state index contributed by atoms with van der Waals surface area (Å²) in [6, 6.07) is 5.77. The first kappa shape index (κ1) is 12.9. The molecule has 0 spiro atoms. The van der Waals surface area contributed by atoms with E-state index in [1.165, 1.54) is 0 Å².